The molecule has 0 aromatic heterocycles. The second-order valence-corrected chi connectivity index (χ2v) is 5.33. The standard InChI is InChI=1S/C11H21N3O4S2/c1-5(2)8(12)10(16)13-6(3-19)9(15)14-7(4-20)11(17)18/h5-8,19-20H,3-4,12H2,1-2H3,(H,13,16)(H,14,15)(H,17,18)/t6-,7-,8-/m0/s1. The van der Waals surface area contributed by atoms with Gasteiger partial charge < -0.3 is 21.5 Å². The van der Waals surface area contributed by atoms with Crippen molar-refractivity contribution in [2.75, 3.05) is 11.5 Å². The maximum atomic E-state index is 11.9. The van der Waals surface area contributed by atoms with Gasteiger partial charge in [-0.25, -0.2) is 4.79 Å². The first-order chi connectivity index (χ1) is 9.24. The lowest BCUT2D eigenvalue weighted by atomic mass is 10.0. The largest absolute Gasteiger partial charge is 0.480 e. The normalized spacial score (nSPS) is 15.3. The molecular formula is C11H21N3O4S2. The fourth-order valence-corrected chi connectivity index (χ4v) is 1.73. The average molecular weight is 323 g/mol. The van der Waals surface area contributed by atoms with Crippen molar-refractivity contribution in [2.24, 2.45) is 11.7 Å². The Balaban J connectivity index is 4.64. The van der Waals surface area contributed by atoms with Gasteiger partial charge in [0.05, 0.1) is 6.04 Å². The van der Waals surface area contributed by atoms with Crippen LogP contribution in [0.15, 0.2) is 0 Å². The Bertz CT molecular complexity index is 366. The lowest BCUT2D eigenvalue weighted by Gasteiger charge is -2.22. The molecule has 0 rings (SSSR count). The summed E-state index contributed by atoms with van der Waals surface area (Å²) in [6.45, 7) is 3.56. The smallest absolute Gasteiger partial charge is 0.327 e. The van der Waals surface area contributed by atoms with Gasteiger partial charge in [-0.1, -0.05) is 13.8 Å². The summed E-state index contributed by atoms with van der Waals surface area (Å²) in [4.78, 5) is 34.4. The van der Waals surface area contributed by atoms with Crippen LogP contribution in [0.3, 0.4) is 0 Å². The maximum absolute atomic E-state index is 11.9. The Morgan fingerprint density at radius 1 is 1.05 bits per heavy atom. The summed E-state index contributed by atoms with van der Waals surface area (Å²) in [5, 5.41) is 13.5. The van der Waals surface area contributed by atoms with Gasteiger partial charge in [-0.15, -0.1) is 0 Å². The minimum atomic E-state index is -1.20. The van der Waals surface area contributed by atoms with E-state index in [2.05, 4.69) is 35.9 Å². The molecule has 20 heavy (non-hydrogen) atoms. The van der Waals surface area contributed by atoms with Gasteiger partial charge in [0, 0.05) is 11.5 Å². The van der Waals surface area contributed by atoms with E-state index in [-0.39, 0.29) is 17.4 Å². The molecule has 0 aliphatic heterocycles. The number of carbonyl (C=O) groups excluding carboxylic acids is 2. The van der Waals surface area contributed by atoms with E-state index in [9.17, 15) is 14.4 Å². The van der Waals surface area contributed by atoms with E-state index in [1.54, 1.807) is 13.8 Å². The van der Waals surface area contributed by atoms with Crippen LogP contribution in [0.4, 0.5) is 0 Å². The molecule has 0 aliphatic carbocycles. The van der Waals surface area contributed by atoms with Crippen molar-refractivity contribution in [3.63, 3.8) is 0 Å². The van der Waals surface area contributed by atoms with Crippen molar-refractivity contribution in [3.05, 3.63) is 0 Å². The van der Waals surface area contributed by atoms with Crippen molar-refractivity contribution in [1.82, 2.24) is 10.6 Å². The zero-order valence-electron chi connectivity index (χ0n) is 11.4. The SMILES string of the molecule is CC(C)[C@H](N)C(=O)N[C@@H](CS)C(=O)N[C@@H](CS)C(=O)O. The van der Waals surface area contributed by atoms with Crippen LogP contribution in [0.1, 0.15) is 13.8 Å². The number of carbonyl (C=O) groups is 3. The Hall–Kier alpha value is -0.930. The van der Waals surface area contributed by atoms with Crippen molar-refractivity contribution >= 4 is 43.0 Å². The molecule has 3 atom stereocenters. The first kappa shape index (κ1) is 19.1. The summed E-state index contributed by atoms with van der Waals surface area (Å²) in [7, 11) is 0. The molecule has 9 heteroatoms. The molecule has 0 heterocycles. The van der Waals surface area contributed by atoms with Gasteiger partial charge in [0.25, 0.3) is 0 Å². The number of hydrogen-bond acceptors (Lipinski definition) is 6. The van der Waals surface area contributed by atoms with Gasteiger partial charge in [0.2, 0.25) is 11.8 Å². The van der Waals surface area contributed by atoms with Crippen LogP contribution in [0, 0.1) is 5.92 Å². The summed E-state index contributed by atoms with van der Waals surface area (Å²) in [5.41, 5.74) is 5.66. The molecule has 0 spiro atoms. The van der Waals surface area contributed by atoms with Crippen LogP contribution in [-0.2, 0) is 14.4 Å². The number of amides is 2. The highest BCUT2D eigenvalue weighted by molar-refractivity contribution is 7.80. The van der Waals surface area contributed by atoms with Crippen LogP contribution in [-0.4, -0.2) is 52.5 Å². The molecule has 0 aromatic rings. The van der Waals surface area contributed by atoms with E-state index in [0.29, 0.717) is 0 Å². The third-order valence-corrected chi connectivity index (χ3v) is 3.36. The molecule has 0 aliphatic rings. The first-order valence-electron chi connectivity index (χ1n) is 6.05. The van der Waals surface area contributed by atoms with E-state index in [0.717, 1.165) is 0 Å². The Labute approximate surface area is 128 Å². The molecular weight excluding hydrogens is 302 g/mol. The fraction of sp³-hybridized carbons (Fsp3) is 0.727. The number of aliphatic carboxylic acids is 1. The van der Waals surface area contributed by atoms with Crippen LogP contribution >= 0.6 is 25.3 Å². The Kier molecular flexibility index (Phi) is 8.67. The number of carboxylic acids is 1. The third kappa shape index (κ3) is 6.02. The molecule has 116 valence electrons. The van der Waals surface area contributed by atoms with E-state index in [1.807, 2.05) is 0 Å². The zero-order valence-corrected chi connectivity index (χ0v) is 13.2. The lowest BCUT2D eigenvalue weighted by Crippen LogP contribution is -2.56. The molecule has 0 aromatic carbocycles. The summed E-state index contributed by atoms with van der Waals surface area (Å²) in [6, 6.07) is -2.81. The fourth-order valence-electron chi connectivity index (χ4n) is 1.22. The molecule has 0 saturated carbocycles. The van der Waals surface area contributed by atoms with E-state index in [4.69, 9.17) is 10.8 Å². The minimum Gasteiger partial charge on any atom is -0.480 e. The van der Waals surface area contributed by atoms with Crippen LogP contribution in [0.2, 0.25) is 0 Å². The molecule has 7 nitrogen and oxygen atoms in total. The molecule has 2 amide bonds. The van der Waals surface area contributed by atoms with Gasteiger partial charge >= 0.3 is 5.97 Å². The topological polar surface area (TPSA) is 122 Å². The third-order valence-electron chi connectivity index (χ3n) is 2.63. The molecule has 0 saturated heterocycles. The second-order valence-electron chi connectivity index (χ2n) is 4.60. The highest BCUT2D eigenvalue weighted by Crippen LogP contribution is 2.00. The van der Waals surface area contributed by atoms with Crippen molar-refractivity contribution < 1.29 is 19.5 Å². The summed E-state index contributed by atoms with van der Waals surface area (Å²) in [5.74, 6) is -2.42. The van der Waals surface area contributed by atoms with Gasteiger partial charge in [-0.3, -0.25) is 9.59 Å². The number of nitrogens with one attached hydrogen (secondary N) is 2. The van der Waals surface area contributed by atoms with Gasteiger partial charge in [0.1, 0.15) is 12.1 Å². The summed E-state index contributed by atoms with van der Waals surface area (Å²) >= 11 is 7.81. The number of thiol groups is 2. The number of carboxylic acid groups (broad SMARTS) is 1. The van der Waals surface area contributed by atoms with Crippen molar-refractivity contribution in [3.8, 4) is 0 Å². The minimum absolute atomic E-state index is 0.0291. The summed E-state index contributed by atoms with van der Waals surface area (Å²) in [6.07, 6.45) is 0. The van der Waals surface area contributed by atoms with Crippen LogP contribution in [0.5, 0.6) is 0 Å². The second kappa shape index (κ2) is 9.09. The molecule has 0 radical (unpaired) electrons. The number of nitrogens with two attached hydrogens (primary N) is 1. The Morgan fingerprint density at radius 3 is 1.85 bits per heavy atom. The van der Waals surface area contributed by atoms with Gasteiger partial charge in [-0.05, 0) is 5.92 Å². The van der Waals surface area contributed by atoms with E-state index in [1.165, 1.54) is 0 Å². The predicted octanol–water partition coefficient (Wildman–Crippen LogP) is -1.12. The zero-order chi connectivity index (χ0) is 15.9. The first-order valence-corrected chi connectivity index (χ1v) is 7.31. The highest BCUT2D eigenvalue weighted by Gasteiger charge is 2.27. The average Bonchev–Trinajstić information content (AvgIpc) is 2.39. The maximum Gasteiger partial charge on any atom is 0.327 e. The molecule has 0 fully saturated rings. The number of hydrogen-bond donors (Lipinski definition) is 6. The van der Waals surface area contributed by atoms with Gasteiger partial charge in [0.15, 0.2) is 0 Å². The van der Waals surface area contributed by atoms with Crippen LogP contribution in [0.25, 0.3) is 0 Å². The predicted molar refractivity (Wildman–Crippen MR) is 82.0 cm³/mol. The highest BCUT2D eigenvalue weighted by atomic mass is 32.1. The van der Waals surface area contributed by atoms with Crippen molar-refractivity contribution in [2.45, 2.75) is 32.0 Å². The molecule has 0 bridgehead atoms. The Morgan fingerprint density at radius 2 is 1.50 bits per heavy atom. The van der Waals surface area contributed by atoms with E-state index >= 15 is 0 Å². The lowest BCUT2D eigenvalue weighted by molar-refractivity contribution is -0.141. The monoisotopic (exact) mass is 323 g/mol. The van der Waals surface area contributed by atoms with E-state index < -0.39 is 35.9 Å². The molecule has 5 N–H and O–H groups in total. The molecule has 0 unspecified atom stereocenters. The summed E-state index contributed by atoms with van der Waals surface area (Å²) < 4.78 is 0. The van der Waals surface area contributed by atoms with Gasteiger partial charge in [-0.2, -0.15) is 25.3 Å². The number of rotatable bonds is 8. The quantitative estimate of drug-likeness (QED) is 0.316. The van der Waals surface area contributed by atoms with Crippen molar-refractivity contribution in [1.29, 1.82) is 0 Å². The van der Waals surface area contributed by atoms with Crippen LogP contribution < -0.4 is 16.4 Å².